The van der Waals surface area contributed by atoms with E-state index in [1.807, 2.05) is 35.7 Å². The van der Waals surface area contributed by atoms with Crippen molar-refractivity contribution in [3.05, 3.63) is 74.3 Å². The van der Waals surface area contributed by atoms with E-state index in [0.717, 1.165) is 28.3 Å². The van der Waals surface area contributed by atoms with Crippen molar-refractivity contribution in [2.24, 2.45) is 0 Å². The molecule has 1 atom stereocenters. The van der Waals surface area contributed by atoms with Crippen LogP contribution in [0.2, 0.25) is 0 Å². The molecular weight excluding hydrogens is 350 g/mol. The first-order valence-electron chi connectivity index (χ1n) is 8.09. The molecule has 1 unspecified atom stereocenters. The van der Waals surface area contributed by atoms with Gasteiger partial charge < -0.3 is 9.88 Å². The van der Waals surface area contributed by atoms with Crippen LogP contribution in [0.3, 0.4) is 0 Å². The van der Waals surface area contributed by atoms with Gasteiger partial charge in [-0.2, -0.15) is 11.3 Å². The van der Waals surface area contributed by atoms with Crippen molar-refractivity contribution in [3.8, 4) is 11.1 Å². The number of fused-ring (bicyclic) bond motifs is 1. The van der Waals surface area contributed by atoms with Gasteiger partial charge in [0.05, 0.1) is 12.4 Å². The first-order chi connectivity index (χ1) is 12.2. The highest BCUT2D eigenvalue weighted by Crippen LogP contribution is 2.30. The van der Waals surface area contributed by atoms with E-state index >= 15 is 0 Å². The Morgan fingerprint density at radius 1 is 1.12 bits per heavy atom. The average molecular weight is 369 g/mol. The molecule has 0 aliphatic heterocycles. The second kappa shape index (κ2) is 6.92. The molecule has 0 fully saturated rings. The topological polar surface area (TPSA) is 50.2 Å². The number of nitrogens with zero attached hydrogens (tertiary/aromatic N) is 1. The SMILES string of the molecule is C[NH+](Cc1ccsc1)Cc1nc2scc(-c3ccccc3)c2c(=O)[nH]1. The standard InChI is InChI=1S/C19H17N3OS2/c1-22(9-13-7-8-24-11-13)10-16-20-18(23)17-15(12-25-19(17)21-16)14-5-3-2-4-6-14/h2-8,11-12H,9-10H2,1H3,(H,20,21,23)/p+1. The number of hydrogen-bond acceptors (Lipinski definition) is 4. The Hall–Kier alpha value is -2.28. The predicted molar refractivity (Wildman–Crippen MR) is 104 cm³/mol. The van der Waals surface area contributed by atoms with Gasteiger partial charge in [0.1, 0.15) is 17.9 Å². The second-order valence-corrected chi connectivity index (χ2v) is 7.79. The maximum atomic E-state index is 12.7. The number of aromatic nitrogens is 2. The van der Waals surface area contributed by atoms with Gasteiger partial charge in [-0.15, -0.1) is 11.3 Å². The molecule has 0 spiro atoms. The van der Waals surface area contributed by atoms with Crippen molar-refractivity contribution in [3.63, 3.8) is 0 Å². The van der Waals surface area contributed by atoms with E-state index in [9.17, 15) is 4.79 Å². The zero-order chi connectivity index (χ0) is 17.2. The third-order valence-electron chi connectivity index (χ3n) is 4.13. The van der Waals surface area contributed by atoms with E-state index in [1.54, 1.807) is 11.3 Å². The van der Waals surface area contributed by atoms with Crippen LogP contribution in [0.15, 0.2) is 57.3 Å². The molecule has 0 saturated heterocycles. The van der Waals surface area contributed by atoms with Gasteiger partial charge in [-0.1, -0.05) is 30.3 Å². The van der Waals surface area contributed by atoms with Crippen molar-refractivity contribution in [1.82, 2.24) is 9.97 Å². The van der Waals surface area contributed by atoms with Gasteiger partial charge >= 0.3 is 0 Å². The minimum Gasteiger partial charge on any atom is -0.327 e. The fraction of sp³-hybridized carbons (Fsp3) is 0.158. The molecule has 0 bridgehead atoms. The van der Waals surface area contributed by atoms with Crippen molar-refractivity contribution >= 4 is 32.9 Å². The van der Waals surface area contributed by atoms with Crippen LogP contribution in [0.4, 0.5) is 0 Å². The minimum atomic E-state index is -0.0524. The van der Waals surface area contributed by atoms with Crippen LogP contribution in [-0.4, -0.2) is 17.0 Å². The molecule has 25 heavy (non-hydrogen) atoms. The van der Waals surface area contributed by atoms with Gasteiger partial charge in [0, 0.05) is 16.5 Å². The lowest BCUT2D eigenvalue weighted by Crippen LogP contribution is -3.06. The number of quaternary nitrogens is 1. The maximum absolute atomic E-state index is 12.7. The first kappa shape index (κ1) is 16.2. The van der Waals surface area contributed by atoms with Crippen molar-refractivity contribution in [2.75, 3.05) is 7.05 Å². The Labute approximate surface area is 153 Å². The maximum Gasteiger partial charge on any atom is 0.260 e. The van der Waals surface area contributed by atoms with Crippen LogP contribution >= 0.6 is 22.7 Å². The van der Waals surface area contributed by atoms with Gasteiger partial charge in [0.15, 0.2) is 5.82 Å². The Kier molecular flexibility index (Phi) is 4.48. The van der Waals surface area contributed by atoms with Crippen LogP contribution in [0, 0.1) is 0 Å². The van der Waals surface area contributed by atoms with E-state index in [2.05, 4.69) is 28.9 Å². The molecule has 126 valence electrons. The summed E-state index contributed by atoms with van der Waals surface area (Å²) in [7, 11) is 2.12. The number of benzene rings is 1. The van der Waals surface area contributed by atoms with Crippen LogP contribution < -0.4 is 10.5 Å². The van der Waals surface area contributed by atoms with Crippen molar-refractivity contribution < 1.29 is 4.90 Å². The highest BCUT2D eigenvalue weighted by Gasteiger charge is 2.14. The molecule has 0 radical (unpaired) electrons. The molecule has 4 rings (SSSR count). The highest BCUT2D eigenvalue weighted by atomic mass is 32.1. The van der Waals surface area contributed by atoms with Gasteiger partial charge in [0.2, 0.25) is 0 Å². The Morgan fingerprint density at radius 2 is 1.96 bits per heavy atom. The first-order valence-corrected chi connectivity index (χ1v) is 9.91. The lowest BCUT2D eigenvalue weighted by molar-refractivity contribution is -0.908. The number of rotatable bonds is 5. The summed E-state index contributed by atoms with van der Waals surface area (Å²) < 4.78 is 0. The molecule has 0 aliphatic rings. The summed E-state index contributed by atoms with van der Waals surface area (Å²) in [6, 6.07) is 12.1. The normalized spacial score (nSPS) is 12.5. The Balaban J connectivity index is 1.63. The van der Waals surface area contributed by atoms with Gasteiger partial charge in [-0.05, 0) is 22.4 Å². The molecular formula is C19H18N3OS2+. The number of hydrogen-bond donors (Lipinski definition) is 2. The number of thiophene rings is 2. The largest absolute Gasteiger partial charge is 0.327 e. The summed E-state index contributed by atoms with van der Waals surface area (Å²) in [6.07, 6.45) is 0. The third-order valence-corrected chi connectivity index (χ3v) is 5.74. The molecule has 1 aromatic carbocycles. The van der Waals surface area contributed by atoms with E-state index < -0.39 is 0 Å². The van der Waals surface area contributed by atoms with Crippen LogP contribution in [-0.2, 0) is 13.1 Å². The summed E-state index contributed by atoms with van der Waals surface area (Å²) in [5.41, 5.74) is 3.27. The summed E-state index contributed by atoms with van der Waals surface area (Å²) >= 11 is 3.24. The molecule has 0 amide bonds. The predicted octanol–water partition coefficient (Wildman–Crippen LogP) is 2.93. The zero-order valence-corrected chi connectivity index (χ0v) is 15.4. The molecule has 0 aliphatic carbocycles. The lowest BCUT2D eigenvalue weighted by Gasteiger charge is -2.12. The average Bonchev–Trinajstić information content (AvgIpc) is 3.25. The Bertz CT molecular complexity index is 1040. The van der Waals surface area contributed by atoms with Gasteiger partial charge in [-0.25, -0.2) is 4.98 Å². The van der Waals surface area contributed by atoms with Gasteiger partial charge in [0.25, 0.3) is 5.56 Å². The highest BCUT2D eigenvalue weighted by molar-refractivity contribution is 7.17. The second-order valence-electron chi connectivity index (χ2n) is 6.15. The van der Waals surface area contributed by atoms with Crippen LogP contribution in [0.25, 0.3) is 21.3 Å². The molecule has 2 N–H and O–H groups in total. The van der Waals surface area contributed by atoms with Crippen molar-refractivity contribution in [1.29, 1.82) is 0 Å². The van der Waals surface area contributed by atoms with E-state index in [4.69, 9.17) is 4.98 Å². The molecule has 3 aromatic heterocycles. The van der Waals surface area contributed by atoms with E-state index in [-0.39, 0.29) is 5.56 Å². The number of nitrogens with one attached hydrogen (secondary N) is 2. The molecule has 4 aromatic rings. The summed E-state index contributed by atoms with van der Waals surface area (Å²) in [5.74, 6) is 0.742. The molecule has 4 nitrogen and oxygen atoms in total. The molecule has 0 saturated carbocycles. The van der Waals surface area contributed by atoms with Crippen LogP contribution in [0.5, 0.6) is 0 Å². The minimum absolute atomic E-state index is 0.0524. The zero-order valence-electron chi connectivity index (χ0n) is 13.8. The monoisotopic (exact) mass is 368 g/mol. The quantitative estimate of drug-likeness (QED) is 0.569. The molecule has 6 heteroatoms. The third kappa shape index (κ3) is 3.42. The fourth-order valence-electron chi connectivity index (χ4n) is 3.00. The summed E-state index contributed by atoms with van der Waals surface area (Å²) in [5, 5.41) is 6.96. The van der Waals surface area contributed by atoms with Crippen LogP contribution in [0.1, 0.15) is 11.4 Å². The Morgan fingerprint density at radius 3 is 2.72 bits per heavy atom. The smallest absolute Gasteiger partial charge is 0.260 e. The van der Waals surface area contributed by atoms with Crippen molar-refractivity contribution in [2.45, 2.75) is 13.1 Å². The number of aromatic amines is 1. The van der Waals surface area contributed by atoms with E-state index in [0.29, 0.717) is 11.9 Å². The number of H-pyrrole nitrogens is 1. The summed E-state index contributed by atoms with van der Waals surface area (Å²) in [4.78, 5) is 22.4. The lowest BCUT2D eigenvalue weighted by atomic mass is 10.1. The summed E-state index contributed by atoms with van der Waals surface area (Å²) in [6.45, 7) is 1.62. The van der Waals surface area contributed by atoms with E-state index in [1.165, 1.54) is 21.8 Å². The fourth-order valence-corrected chi connectivity index (χ4v) is 4.63. The van der Waals surface area contributed by atoms with Gasteiger partial charge in [-0.3, -0.25) is 4.79 Å². The molecule has 3 heterocycles.